The molecule has 0 spiro atoms. The Morgan fingerprint density at radius 3 is 2.27 bits per heavy atom. The van der Waals surface area contributed by atoms with Crippen molar-refractivity contribution in [2.75, 3.05) is 6.61 Å². The molecule has 3 atom stereocenters. The van der Waals surface area contributed by atoms with Gasteiger partial charge in [0, 0.05) is 11.2 Å². The summed E-state index contributed by atoms with van der Waals surface area (Å²) in [5.41, 5.74) is -2.15. The number of halogens is 7. The molecule has 1 aliphatic rings. The molecule has 0 saturated heterocycles. The summed E-state index contributed by atoms with van der Waals surface area (Å²) < 4.78 is 97.1. The Labute approximate surface area is 169 Å². The van der Waals surface area contributed by atoms with Crippen LogP contribution in [0.4, 0.5) is 30.7 Å². The smallest absolute Gasteiger partial charge is 0.419 e. The van der Waals surface area contributed by atoms with Crippen molar-refractivity contribution < 1.29 is 35.5 Å². The summed E-state index contributed by atoms with van der Waals surface area (Å²) in [7, 11) is -0.143. The van der Waals surface area contributed by atoms with Gasteiger partial charge < -0.3 is 4.74 Å². The fourth-order valence-corrected chi connectivity index (χ4v) is 4.32. The number of hydrogen-bond donors (Lipinski definition) is 0. The second-order valence-electron chi connectivity index (χ2n) is 6.96. The molecule has 2 aromatic carbocycles. The molecule has 0 bridgehead atoms. The lowest BCUT2D eigenvalue weighted by atomic mass is 10.1. The highest BCUT2D eigenvalue weighted by Gasteiger charge is 2.35. The Balaban J connectivity index is 1.94. The zero-order valence-electron chi connectivity index (χ0n) is 15.8. The molecule has 0 aliphatic carbocycles. The van der Waals surface area contributed by atoms with E-state index in [1.165, 1.54) is 12.1 Å². The van der Waals surface area contributed by atoms with Gasteiger partial charge in [0.05, 0.1) is 17.2 Å². The van der Waals surface area contributed by atoms with E-state index >= 15 is 0 Å². The Bertz CT molecular complexity index is 969. The summed E-state index contributed by atoms with van der Waals surface area (Å²) in [4.78, 5) is 4.22. The first kappa shape index (κ1) is 22.5. The van der Waals surface area contributed by atoms with E-state index in [1.807, 2.05) is 0 Å². The van der Waals surface area contributed by atoms with Crippen molar-refractivity contribution in [3.8, 4) is 0 Å². The predicted molar refractivity (Wildman–Crippen MR) is 101 cm³/mol. The zero-order valence-corrected chi connectivity index (χ0v) is 16.8. The van der Waals surface area contributed by atoms with Gasteiger partial charge in [0.25, 0.3) is 0 Å². The maximum Gasteiger partial charge on any atom is 0.419 e. The van der Waals surface area contributed by atoms with E-state index in [0.717, 1.165) is 18.2 Å². The summed E-state index contributed by atoms with van der Waals surface area (Å²) in [6.45, 7) is 3.67. The standard InChI is InChI=1S/C20H17F7NOP/c1-10-9-29-18(28-10)14-8-13(19(22,23)24)4-6-17(14)30-11(2)12-3-5-15(16(21)7-12)20(25,26)27/h3-8,10-11,30H,9H2,1-2H3/t10-,11?/m0/s1. The van der Waals surface area contributed by atoms with Crippen molar-refractivity contribution >= 4 is 19.8 Å². The molecule has 1 aliphatic heterocycles. The van der Waals surface area contributed by atoms with Crippen LogP contribution < -0.4 is 5.30 Å². The SMILES string of the molecule is CC(Pc1ccc(C(F)(F)F)cc1C1=N[C@@H](C)CO1)c1ccc(C(F)(F)F)c(F)c1. The Hall–Kier alpha value is -2.15. The van der Waals surface area contributed by atoms with Crippen molar-refractivity contribution in [3.63, 3.8) is 0 Å². The normalized spacial score (nSPS) is 18.6. The molecule has 30 heavy (non-hydrogen) atoms. The van der Waals surface area contributed by atoms with Gasteiger partial charge in [0.2, 0.25) is 5.90 Å². The van der Waals surface area contributed by atoms with Crippen LogP contribution in [0.15, 0.2) is 41.4 Å². The third-order valence-corrected chi connectivity index (χ3v) is 6.06. The lowest BCUT2D eigenvalue weighted by Crippen LogP contribution is -2.17. The summed E-state index contributed by atoms with van der Waals surface area (Å²) in [5, 5.41) is 0.503. The average Bonchev–Trinajstić information content (AvgIpc) is 3.06. The van der Waals surface area contributed by atoms with Crippen LogP contribution in [0.1, 0.15) is 41.8 Å². The minimum atomic E-state index is -4.80. The van der Waals surface area contributed by atoms with Crippen molar-refractivity contribution in [2.24, 2.45) is 4.99 Å². The minimum absolute atomic E-state index is 0.0990. The largest absolute Gasteiger partial charge is 0.475 e. The number of alkyl halides is 6. The van der Waals surface area contributed by atoms with E-state index in [0.29, 0.717) is 16.9 Å². The molecule has 3 rings (SSSR count). The highest BCUT2D eigenvalue weighted by molar-refractivity contribution is 7.47. The Kier molecular flexibility index (Phi) is 6.14. The Morgan fingerprint density at radius 2 is 1.73 bits per heavy atom. The molecule has 1 heterocycles. The van der Waals surface area contributed by atoms with E-state index in [1.54, 1.807) is 13.8 Å². The number of hydrogen-bond acceptors (Lipinski definition) is 2. The third-order valence-electron chi connectivity index (χ3n) is 4.55. The van der Waals surface area contributed by atoms with Gasteiger partial charge in [-0.05, 0) is 42.1 Å². The maximum atomic E-state index is 13.9. The molecule has 0 aromatic heterocycles. The second-order valence-corrected chi connectivity index (χ2v) is 8.65. The molecular formula is C20H17F7NOP. The Morgan fingerprint density at radius 1 is 1.03 bits per heavy atom. The molecule has 2 nitrogen and oxygen atoms in total. The topological polar surface area (TPSA) is 21.6 Å². The molecule has 0 radical (unpaired) electrons. The van der Waals surface area contributed by atoms with Crippen LogP contribution in [0.2, 0.25) is 0 Å². The van der Waals surface area contributed by atoms with E-state index in [2.05, 4.69) is 4.99 Å². The first-order chi connectivity index (χ1) is 13.9. The van der Waals surface area contributed by atoms with E-state index in [9.17, 15) is 30.7 Å². The van der Waals surface area contributed by atoms with Gasteiger partial charge in [-0.15, -0.1) is 0 Å². The quantitative estimate of drug-likeness (QED) is 0.407. The zero-order chi connectivity index (χ0) is 22.3. The summed E-state index contributed by atoms with van der Waals surface area (Å²) in [5.74, 6) is -1.29. The van der Waals surface area contributed by atoms with Crippen molar-refractivity contribution in [1.29, 1.82) is 0 Å². The lowest BCUT2D eigenvalue weighted by Gasteiger charge is -2.18. The first-order valence-electron chi connectivity index (χ1n) is 8.91. The third kappa shape index (κ3) is 4.94. The number of rotatable bonds is 4. The van der Waals surface area contributed by atoms with E-state index in [-0.39, 0.29) is 32.7 Å². The van der Waals surface area contributed by atoms with Gasteiger partial charge in [-0.1, -0.05) is 27.6 Å². The number of benzene rings is 2. The second kappa shape index (κ2) is 8.17. The van der Waals surface area contributed by atoms with Crippen LogP contribution in [0.5, 0.6) is 0 Å². The molecule has 162 valence electrons. The van der Waals surface area contributed by atoms with Crippen molar-refractivity contribution in [2.45, 2.75) is 37.9 Å². The molecule has 0 fully saturated rings. The van der Waals surface area contributed by atoms with Gasteiger partial charge in [-0.2, -0.15) is 26.3 Å². The fraction of sp³-hybridized carbons (Fsp3) is 0.350. The molecule has 2 unspecified atom stereocenters. The van der Waals surface area contributed by atoms with Crippen LogP contribution in [-0.2, 0) is 17.1 Å². The highest BCUT2D eigenvalue weighted by atomic mass is 31.1. The number of ether oxygens (including phenoxy) is 1. The summed E-state index contributed by atoms with van der Waals surface area (Å²) in [6.07, 6.45) is -9.35. The molecule has 0 amide bonds. The van der Waals surface area contributed by atoms with Crippen molar-refractivity contribution in [3.05, 3.63) is 64.5 Å². The van der Waals surface area contributed by atoms with E-state index < -0.39 is 35.0 Å². The summed E-state index contributed by atoms with van der Waals surface area (Å²) >= 11 is 0. The fourth-order valence-electron chi connectivity index (χ4n) is 2.99. The van der Waals surface area contributed by atoms with Crippen LogP contribution in [0.3, 0.4) is 0 Å². The lowest BCUT2D eigenvalue weighted by molar-refractivity contribution is -0.140. The van der Waals surface area contributed by atoms with Gasteiger partial charge in [-0.3, -0.25) is 0 Å². The van der Waals surface area contributed by atoms with Gasteiger partial charge >= 0.3 is 12.4 Å². The van der Waals surface area contributed by atoms with Crippen LogP contribution >= 0.6 is 8.58 Å². The molecular weight excluding hydrogens is 434 g/mol. The predicted octanol–water partition coefficient (Wildman–Crippen LogP) is 6.09. The number of aliphatic imine (C=N–C) groups is 1. The highest BCUT2D eigenvalue weighted by Crippen LogP contribution is 2.39. The first-order valence-corrected chi connectivity index (χ1v) is 9.99. The molecule has 0 saturated carbocycles. The van der Waals surface area contributed by atoms with E-state index in [4.69, 9.17) is 4.74 Å². The minimum Gasteiger partial charge on any atom is -0.475 e. The average molecular weight is 451 g/mol. The van der Waals surface area contributed by atoms with Gasteiger partial charge in [0.15, 0.2) is 0 Å². The van der Waals surface area contributed by atoms with Gasteiger partial charge in [0.1, 0.15) is 12.4 Å². The summed E-state index contributed by atoms with van der Waals surface area (Å²) in [6, 6.07) is 5.67. The molecule has 2 aromatic rings. The van der Waals surface area contributed by atoms with Gasteiger partial charge in [-0.25, -0.2) is 9.38 Å². The monoisotopic (exact) mass is 451 g/mol. The maximum absolute atomic E-state index is 13.9. The molecule has 0 N–H and O–H groups in total. The van der Waals surface area contributed by atoms with Crippen LogP contribution in [-0.4, -0.2) is 18.5 Å². The number of nitrogens with zero attached hydrogens (tertiary/aromatic N) is 1. The molecule has 10 heteroatoms. The van der Waals surface area contributed by atoms with Crippen LogP contribution in [0, 0.1) is 5.82 Å². The van der Waals surface area contributed by atoms with Crippen molar-refractivity contribution in [1.82, 2.24) is 0 Å². The van der Waals surface area contributed by atoms with Crippen LogP contribution in [0.25, 0.3) is 0 Å².